The minimum atomic E-state index is -0.395. The Morgan fingerprint density at radius 1 is 1.18 bits per heavy atom. The molecule has 0 N–H and O–H groups in total. The van der Waals surface area contributed by atoms with Gasteiger partial charge in [-0.05, 0) is 11.6 Å². The van der Waals surface area contributed by atoms with Gasteiger partial charge < -0.3 is 9.30 Å². The van der Waals surface area contributed by atoms with Gasteiger partial charge in [-0.3, -0.25) is 13.9 Å². The smallest absolute Gasteiger partial charge is 0.332 e. The van der Waals surface area contributed by atoms with Crippen LogP contribution in [0.1, 0.15) is 5.56 Å². The summed E-state index contributed by atoms with van der Waals surface area (Å²) in [5.74, 6) is 0.502. The average molecular weight is 301 g/mol. The standard InChI is InChI=1S/C14H15N5O3/c1-17-12-11(13(20)18(2)14(17)21)19(8-16-12)7-9-4-5-15-10(6-9)22-3/h4-6,8H,7H2,1-3H3. The van der Waals surface area contributed by atoms with Crippen LogP contribution in [0.25, 0.3) is 11.2 Å². The van der Waals surface area contributed by atoms with Gasteiger partial charge in [-0.15, -0.1) is 0 Å². The molecule has 0 atom stereocenters. The average Bonchev–Trinajstić information content (AvgIpc) is 2.95. The van der Waals surface area contributed by atoms with E-state index in [2.05, 4.69) is 9.97 Å². The van der Waals surface area contributed by atoms with Crippen LogP contribution in [0.15, 0.2) is 34.2 Å². The zero-order valence-electron chi connectivity index (χ0n) is 12.5. The van der Waals surface area contributed by atoms with Crippen molar-refractivity contribution in [2.75, 3.05) is 7.11 Å². The van der Waals surface area contributed by atoms with Crippen molar-refractivity contribution in [1.82, 2.24) is 23.7 Å². The van der Waals surface area contributed by atoms with E-state index < -0.39 is 5.69 Å². The lowest BCUT2D eigenvalue weighted by Gasteiger charge is -2.07. The van der Waals surface area contributed by atoms with Crippen LogP contribution in [-0.4, -0.2) is 30.8 Å². The van der Waals surface area contributed by atoms with E-state index in [9.17, 15) is 9.59 Å². The molecular weight excluding hydrogens is 286 g/mol. The van der Waals surface area contributed by atoms with Crippen molar-refractivity contribution >= 4 is 11.2 Å². The second kappa shape index (κ2) is 5.14. The summed E-state index contributed by atoms with van der Waals surface area (Å²) in [6.45, 7) is 0.433. The van der Waals surface area contributed by atoms with Gasteiger partial charge in [-0.1, -0.05) is 0 Å². The molecule has 0 aliphatic heterocycles. The van der Waals surface area contributed by atoms with Crippen molar-refractivity contribution in [1.29, 1.82) is 0 Å². The highest BCUT2D eigenvalue weighted by molar-refractivity contribution is 5.70. The molecular formula is C14H15N5O3. The summed E-state index contributed by atoms with van der Waals surface area (Å²) in [6, 6.07) is 3.62. The number of methoxy groups -OCH3 is 1. The second-order valence-electron chi connectivity index (χ2n) is 4.96. The number of hydrogen-bond acceptors (Lipinski definition) is 5. The summed E-state index contributed by atoms with van der Waals surface area (Å²) < 4.78 is 9.24. The molecule has 8 heteroatoms. The molecule has 0 fully saturated rings. The Morgan fingerprint density at radius 2 is 1.95 bits per heavy atom. The number of ether oxygens (including phenoxy) is 1. The fraction of sp³-hybridized carbons (Fsp3) is 0.286. The Balaban J connectivity index is 2.16. The number of aromatic nitrogens is 5. The molecule has 3 rings (SSSR count). The minimum Gasteiger partial charge on any atom is -0.481 e. The lowest BCUT2D eigenvalue weighted by molar-refractivity contribution is 0.397. The third kappa shape index (κ3) is 2.09. The van der Waals surface area contributed by atoms with Gasteiger partial charge in [0.1, 0.15) is 0 Å². The van der Waals surface area contributed by atoms with Crippen molar-refractivity contribution in [3.05, 3.63) is 51.1 Å². The van der Waals surface area contributed by atoms with Crippen LogP contribution in [0.5, 0.6) is 5.88 Å². The second-order valence-corrected chi connectivity index (χ2v) is 4.96. The van der Waals surface area contributed by atoms with Crippen LogP contribution in [0.2, 0.25) is 0 Å². The number of hydrogen-bond donors (Lipinski definition) is 0. The number of nitrogens with zero attached hydrogens (tertiary/aromatic N) is 5. The summed E-state index contributed by atoms with van der Waals surface area (Å²) in [4.78, 5) is 32.5. The molecule has 0 radical (unpaired) electrons. The zero-order valence-corrected chi connectivity index (χ0v) is 12.5. The molecule has 8 nitrogen and oxygen atoms in total. The highest BCUT2D eigenvalue weighted by atomic mass is 16.5. The quantitative estimate of drug-likeness (QED) is 0.674. The predicted octanol–water partition coefficient (Wildman–Crippen LogP) is -0.114. The van der Waals surface area contributed by atoms with Crippen molar-refractivity contribution in [3.8, 4) is 5.88 Å². The Kier molecular flexibility index (Phi) is 3.28. The Hall–Kier alpha value is -2.90. The summed E-state index contributed by atoms with van der Waals surface area (Å²) in [5.41, 5.74) is 0.918. The summed E-state index contributed by atoms with van der Waals surface area (Å²) >= 11 is 0. The van der Waals surface area contributed by atoms with Crippen LogP contribution < -0.4 is 16.0 Å². The molecule has 0 saturated carbocycles. The fourth-order valence-corrected chi connectivity index (χ4v) is 2.37. The number of aryl methyl sites for hydroxylation is 1. The van der Waals surface area contributed by atoms with Gasteiger partial charge in [0.15, 0.2) is 11.2 Å². The van der Waals surface area contributed by atoms with E-state index in [4.69, 9.17) is 4.74 Å². The third-order valence-corrected chi connectivity index (χ3v) is 3.58. The molecule has 114 valence electrons. The predicted molar refractivity (Wildman–Crippen MR) is 80.1 cm³/mol. The first-order chi connectivity index (χ1) is 10.5. The van der Waals surface area contributed by atoms with Gasteiger partial charge in [0.05, 0.1) is 13.4 Å². The molecule has 0 aliphatic rings. The first kappa shape index (κ1) is 14.1. The van der Waals surface area contributed by atoms with Gasteiger partial charge in [0.2, 0.25) is 5.88 Å². The maximum absolute atomic E-state index is 12.3. The fourth-order valence-electron chi connectivity index (χ4n) is 2.37. The van der Waals surface area contributed by atoms with Crippen molar-refractivity contribution in [3.63, 3.8) is 0 Å². The van der Waals surface area contributed by atoms with E-state index in [1.54, 1.807) is 37.3 Å². The summed E-state index contributed by atoms with van der Waals surface area (Å²) in [5, 5.41) is 0. The van der Waals surface area contributed by atoms with E-state index in [0.717, 1.165) is 10.1 Å². The van der Waals surface area contributed by atoms with E-state index in [-0.39, 0.29) is 5.56 Å². The van der Waals surface area contributed by atoms with Crippen LogP contribution >= 0.6 is 0 Å². The van der Waals surface area contributed by atoms with Gasteiger partial charge in [-0.25, -0.2) is 14.8 Å². The number of imidazole rings is 1. The molecule has 3 heterocycles. The van der Waals surface area contributed by atoms with E-state index in [1.807, 2.05) is 6.07 Å². The lowest BCUT2D eigenvalue weighted by atomic mass is 10.2. The van der Waals surface area contributed by atoms with Gasteiger partial charge in [0.25, 0.3) is 5.56 Å². The van der Waals surface area contributed by atoms with E-state index >= 15 is 0 Å². The number of rotatable bonds is 3. The number of pyridine rings is 1. The first-order valence-corrected chi connectivity index (χ1v) is 6.62. The van der Waals surface area contributed by atoms with Crippen LogP contribution in [0.3, 0.4) is 0 Å². The molecule has 0 amide bonds. The van der Waals surface area contributed by atoms with Crippen molar-refractivity contribution in [2.45, 2.75) is 6.54 Å². The molecule has 22 heavy (non-hydrogen) atoms. The van der Waals surface area contributed by atoms with E-state index in [1.165, 1.54) is 11.6 Å². The maximum Gasteiger partial charge on any atom is 0.332 e. The maximum atomic E-state index is 12.3. The topological polar surface area (TPSA) is 83.9 Å². The van der Waals surface area contributed by atoms with Crippen LogP contribution in [0.4, 0.5) is 0 Å². The largest absolute Gasteiger partial charge is 0.481 e. The monoisotopic (exact) mass is 301 g/mol. The molecule has 0 unspecified atom stereocenters. The van der Waals surface area contributed by atoms with Crippen LogP contribution in [0, 0.1) is 0 Å². The number of fused-ring (bicyclic) bond motifs is 1. The van der Waals surface area contributed by atoms with E-state index in [0.29, 0.717) is 23.6 Å². The van der Waals surface area contributed by atoms with Gasteiger partial charge in [0, 0.05) is 32.9 Å². The zero-order chi connectivity index (χ0) is 15.9. The Bertz CT molecular complexity index is 967. The minimum absolute atomic E-state index is 0.364. The molecule has 3 aromatic heterocycles. The summed E-state index contributed by atoms with van der Waals surface area (Å²) in [6.07, 6.45) is 3.19. The molecule has 0 aliphatic carbocycles. The first-order valence-electron chi connectivity index (χ1n) is 6.62. The molecule has 0 aromatic carbocycles. The lowest BCUT2D eigenvalue weighted by Crippen LogP contribution is -2.37. The SMILES string of the molecule is COc1cc(Cn2cnc3c2c(=O)n(C)c(=O)n3C)ccn1. The van der Waals surface area contributed by atoms with Gasteiger partial charge >= 0.3 is 5.69 Å². The molecule has 0 saturated heterocycles. The van der Waals surface area contributed by atoms with Gasteiger partial charge in [-0.2, -0.15) is 0 Å². The summed E-state index contributed by atoms with van der Waals surface area (Å²) in [7, 11) is 4.60. The highest BCUT2D eigenvalue weighted by Gasteiger charge is 2.14. The Morgan fingerprint density at radius 3 is 2.68 bits per heavy atom. The van der Waals surface area contributed by atoms with Crippen molar-refractivity contribution in [2.24, 2.45) is 14.1 Å². The Labute approximate surface area is 125 Å². The highest BCUT2D eigenvalue weighted by Crippen LogP contribution is 2.12. The van der Waals surface area contributed by atoms with Crippen molar-refractivity contribution < 1.29 is 4.74 Å². The molecule has 3 aromatic rings. The van der Waals surface area contributed by atoms with Crippen LogP contribution in [-0.2, 0) is 20.6 Å². The third-order valence-electron chi connectivity index (χ3n) is 3.58. The normalized spacial score (nSPS) is 11.0. The molecule has 0 spiro atoms. The molecule has 0 bridgehead atoms.